The van der Waals surface area contributed by atoms with Crippen LogP contribution in [0.25, 0.3) is 0 Å². The SMILES string of the molecule is O=C(CSc1nccc(N2CCCCC2)n1)Nc1ccc(Cl)cc1F. The number of amides is 1. The number of aromatic nitrogens is 2. The molecule has 132 valence electrons. The second-order valence-electron chi connectivity index (χ2n) is 5.71. The maximum absolute atomic E-state index is 13.7. The maximum atomic E-state index is 13.7. The number of thioether (sulfide) groups is 1. The molecule has 0 aliphatic carbocycles. The fourth-order valence-electron chi connectivity index (χ4n) is 2.61. The van der Waals surface area contributed by atoms with Crippen LogP contribution in [0.3, 0.4) is 0 Å². The predicted molar refractivity (Wildman–Crippen MR) is 98.9 cm³/mol. The summed E-state index contributed by atoms with van der Waals surface area (Å²) < 4.78 is 13.7. The molecule has 1 saturated heterocycles. The van der Waals surface area contributed by atoms with E-state index in [4.69, 9.17) is 11.6 Å². The lowest BCUT2D eigenvalue weighted by atomic mass is 10.1. The lowest BCUT2D eigenvalue weighted by molar-refractivity contribution is -0.113. The van der Waals surface area contributed by atoms with Crippen molar-refractivity contribution in [1.29, 1.82) is 0 Å². The monoisotopic (exact) mass is 380 g/mol. The third-order valence-corrected chi connectivity index (χ3v) is 4.93. The summed E-state index contributed by atoms with van der Waals surface area (Å²) in [5.74, 6) is 0.111. The number of carbonyl (C=O) groups is 1. The van der Waals surface area contributed by atoms with Gasteiger partial charge in [0.15, 0.2) is 5.16 Å². The molecule has 1 aliphatic heterocycles. The molecule has 25 heavy (non-hydrogen) atoms. The van der Waals surface area contributed by atoms with Crippen LogP contribution in [0.1, 0.15) is 19.3 Å². The van der Waals surface area contributed by atoms with Gasteiger partial charge in [-0.2, -0.15) is 0 Å². The van der Waals surface area contributed by atoms with Crippen LogP contribution in [0.2, 0.25) is 5.02 Å². The van der Waals surface area contributed by atoms with Gasteiger partial charge in [0.1, 0.15) is 11.6 Å². The van der Waals surface area contributed by atoms with Crippen LogP contribution in [-0.4, -0.2) is 34.7 Å². The molecule has 1 aliphatic rings. The fourth-order valence-corrected chi connectivity index (χ4v) is 3.39. The molecule has 8 heteroatoms. The van der Waals surface area contributed by atoms with Crippen LogP contribution < -0.4 is 10.2 Å². The number of benzene rings is 1. The normalized spacial score (nSPS) is 14.4. The van der Waals surface area contributed by atoms with Gasteiger partial charge < -0.3 is 10.2 Å². The lowest BCUT2D eigenvalue weighted by Gasteiger charge is -2.27. The van der Waals surface area contributed by atoms with E-state index in [0.29, 0.717) is 5.16 Å². The first-order valence-electron chi connectivity index (χ1n) is 8.07. The summed E-state index contributed by atoms with van der Waals surface area (Å²) in [5, 5.41) is 3.35. The molecule has 1 N–H and O–H groups in total. The highest BCUT2D eigenvalue weighted by atomic mass is 35.5. The van der Waals surface area contributed by atoms with Crippen molar-refractivity contribution >= 4 is 40.8 Å². The van der Waals surface area contributed by atoms with E-state index in [9.17, 15) is 9.18 Å². The number of rotatable bonds is 5. The first kappa shape index (κ1) is 17.9. The number of hydrogen-bond acceptors (Lipinski definition) is 5. The third-order valence-electron chi connectivity index (χ3n) is 3.84. The van der Waals surface area contributed by atoms with Crippen molar-refractivity contribution in [3.63, 3.8) is 0 Å². The number of carbonyl (C=O) groups excluding carboxylic acids is 1. The zero-order chi connectivity index (χ0) is 17.6. The topological polar surface area (TPSA) is 58.1 Å². The summed E-state index contributed by atoms with van der Waals surface area (Å²) in [6, 6.07) is 6.01. The van der Waals surface area contributed by atoms with Gasteiger partial charge in [-0.15, -0.1) is 0 Å². The van der Waals surface area contributed by atoms with E-state index in [1.54, 1.807) is 6.20 Å². The average molecular weight is 381 g/mol. The second kappa shape index (κ2) is 8.49. The van der Waals surface area contributed by atoms with Crippen molar-refractivity contribution in [3.05, 3.63) is 41.3 Å². The van der Waals surface area contributed by atoms with E-state index >= 15 is 0 Å². The van der Waals surface area contributed by atoms with Crippen LogP contribution in [0.5, 0.6) is 0 Å². The Balaban J connectivity index is 1.56. The minimum Gasteiger partial charge on any atom is -0.356 e. The van der Waals surface area contributed by atoms with Crippen molar-refractivity contribution in [1.82, 2.24) is 9.97 Å². The van der Waals surface area contributed by atoms with Crippen LogP contribution in [0.4, 0.5) is 15.9 Å². The molecule has 5 nitrogen and oxygen atoms in total. The molecule has 3 rings (SSSR count). The Hall–Kier alpha value is -1.86. The fraction of sp³-hybridized carbons (Fsp3) is 0.353. The van der Waals surface area contributed by atoms with Gasteiger partial charge in [-0.1, -0.05) is 23.4 Å². The summed E-state index contributed by atoms with van der Waals surface area (Å²) in [4.78, 5) is 23.0. The molecular formula is C17H18ClFN4OS. The van der Waals surface area contributed by atoms with Gasteiger partial charge in [-0.3, -0.25) is 4.79 Å². The third kappa shape index (κ3) is 5.06. The highest BCUT2D eigenvalue weighted by molar-refractivity contribution is 7.99. The van der Waals surface area contributed by atoms with Crippen molar-refractivity contribution in [2.75, 3.05) is 29.1 Å². The number of hydrogen-bond donors (Lipinski definition) is 1. The molecule has 1 aromatic heterocycles. The molecule has 0 radical (unpaired) electrons. The molecule has 0 spiro atoms. The smallest absolute Gasteiger partial charge is 0.234 e. The number of piperidine rings is 1. The number of nitrogens with zero attached hydrogens (tertiary/aromatic N) is 3. The largest absolute Gasteiger partial charge is 0.356 e. The number of nitrogens with one attached hydrogen (secondary N) is 1. The van der Waals surface area contributed by atoms with Crippen LogP contribution >= 0.6 is 23.4 Å². The number of halogens is 2. The molecule has 0 saturated carbocycles. The first-order valence-corrected chi connectivity index (χ1v) is 9.44. The Morgan fingerprint density at radius 3 is 2.84 bits per heavy atom. The van der Waals surface area contributed by atoms with Gasteiger partial charge in [0, 0.05) is 24.3 Å². The second-order valence-corrected chi connectivity index (χ2v) is 7.09. The van der Waals surface area contributed by atoms with Gasteiger partial charge in [-0.25, -0.2) is 14.4 Å². The first-order chi connectivity index (χ1) is 12.1. The van der Waals surface area contributed by atoms with Gasteiger partial charge >= 0.3 is 0 Å². The molecule has 1 amide bonds. The highest BCUT2D eigenvalue weighted by Gasteiger charge is 2.14. The Bertz CT molecular complexity index is 755. The summed E-state index contributed by atoms with van der Waals surface area (Å²) in [5.41, 5.74) is 0.109. The van der Waals surface area contributed by atoms with E-state index in [2.05, 4.69) is 20.2 Å². The Morgan fingerprint density at radius 2 is 2.08 bits per heavy atom. The van der Waals surface area contributed by atoms with Crippen molar-refractivity contribution in [2.24, 2.45) is 0 Å². The molecule has 0 bridgehead atoms. The summed E-state index contributed by atoms with van der Waals surface area (Å²) in [6.45, 7) is 1.99. The average Bonchev–Trinajstić information content (AvgIpc) is 2.63. The van der Waals surface area contributed by atoms with E-state index in [-0.39, 0.29) is 22.4 Å². The van der Waals surface area contributed by atoms with Gasteiger partial charge in [0.05, 0.1) is 11.4 Å². The van der Waals surface area contributed by atoms with Crippen molar-refractivity contribution < 1.29 is 9.18 Å². The standard InChI is InChI=1S/C17H18ClFN4OS/c18-12-4-5-14(13(19)10-12)21-16(24)11-25-17-20-7-6-15(22-17)23-8-2-1-3-9-23/h4-7,10H,1-3,8-9,11H2,(H,21,24). The van der Waals surface area contributed by atoms with Crippen LogP contribution in [-0.2, 0) is 4.79 Å². The van der Waals surface area contributed by atoms with Crippen LogP contribution in [0, 0.1) is 5.82 Å². The Kier molecular flexibility index (Phi) is 6.09. The van der Waals surface area contributed by atoms with Crippen molar-refractivity contribution in [3.8, 4) is 0 Å². The van der Waals surface area contributed by atoms with E-state index in [1.807, 2.05) is 6.07 Å². The quantitative estimate of drug-likeness (QED) is 0.627. The summed E-state index contributed by atoms with van der Waals surface area (Å²) in [7, 11) is 0. The molecule has 1 fully saturated rings. The molecule has 0 atom stereocenters. The van der Waals surface area contributed by atoms with Gasteiger partial charge in [-0.05, 0) is 43.5 Å². The molecule has 0 unspecified atom stereocenters. The molecule has 2 heterocycles. The van der Waals surface area contributed by atoms with E-state index in [1.165, 1.54) is 43.2 Å². The molecule has 1 aromatic carbocycles. The van der Waals surface area contributed by atoms with E-state index < -0.39 is 5.82 Å². The van der Waals surface area contributed by atoms with Crippen LogP contribution in [0.15, 0.2) is 35.6 Å². The minimum atomic E-state index is -0.561. The maximum Gasteiger partial charge on any atom is 0.234 e. The summed E-state index contributed by atoms with van der Waals surface area (Å²) >= 11 is 6.92. The molecular weight excluding hydrogens is 363 g/mol. The zero-order valence-corrected chi connectivity index (χ0v) is 15.1. The Morgan fingerprint density at radius 1 is 1.28 bits per heavy atom. The zero-order valence-electron chi connectivity index (χ0n) is 13.5. The lowest BCUT2D eigenvalue weighted by Crippen LogP contribution is -2.30. The number of anilines is 2. The van der Waals surface area contributed by atoms with Crippen molar-refractivity contribution in [2.45, 2.75) is 24.4 Å². The highest BCUT2D eigenvalue weighted by Crippen LogP contribution is 2.22. The summed E-state index contributed by atoms with van der Waals surface area (Å²) in [6.07, 6.45) is 5.30. The van der Waals surface area contributed by atoms with Gasteiger partial charge in [0.2, 0.25) is 5.91 Å². The van der Waals surface area contributed by atoms with E-state index in [0.717, 1.165) is 25.0 Å². The Labute approximate surface area is 155 Å². The van der Waals surface area contributed by atoms with Gasteiger partial charge in [0.25, 0.3) is 0 Å². The minimum absolute atomic E-state index is 0.103. The molecule has 2 aromatic rings. The predicted octanol–water partition coefficient (Wildman–Crippen LogP) is 3.99.